The summed E-state index contributed by atoms with van der Waals surface area (Å²) >= 11 is 0. The number of carbonyl (C=O) groups is 1. The normalized spacial score (nSPS) is 15.5. The van der Waals surface area contributed by atoms with Crippen LogP contribution < -0.4 is 11.0 Å². The highest BCUT2D eigenvalue weighted by atomic mass is 35.5. The van der Waals surface area contributed by atoms with Crippen LogP contribution in [0.25, 0.3) is 5.65 Å². The topological polar surface area (TPSA) is 71.6 Å². The molecule has 8 heteroatoms. The summed E-state index contributed by atoms with van der Waals surface area (Å²) in [4.78, 5) is 26.4. The molecule has 0 radical (unpaired) electrons. The highest BCUT2D eigenvalue weighted by Gasteiger charge is 2.22. The number of nitrogens with zero attached hydrogens (tertiary/aromatic N) is 4. The summed E-state index contributed by atoms with van der Waals surface area (Å²) in [5, 5.41) is 7.45. The Morgan fingerprint density at radius 1 is 1.33 bits per heavy atom. The summed E-state index contributed by atoms with van der Waals surface area (Å²) in [6, 6.07) is 5.42. The van der Waals surface area contributed by atoms with Crippen LogP contribution in [-0.4, -0.2) is 51.7 Å². The van der Waals surface area contributed by atoms with E-state index in [-0.39, 0.29) is 24.0 Å². The molecule has 0 bridgehead atoms. The van der Waals surface area contributed by atoms with E-state index in [1.165, 1.54) is 9.08 Å². The molecule has 132 valence electrons. The van der Waals surface area contributed by atoms with Crippen LogP contribution in [0.2, 0.25) is 0 Å². The van der Waals surface area contributed by atoms with Gasteiger partial charge in [-0.3, -0.25) is 9.20 Å². The molecule has 3 heterocycles. The number of nitrogens with one attached hydrogen (secondary N) is 1. The third-order valence-electron chi connectivity index (χ3n) is 4.49. The molecule has 0 aromatic carbocycles. The van der Waals surface area contributed by atoms with Crippen molar-refractivity contribution < 1.29 is 4.79 Å². The third-order valence-corrected chi connectivity index (χ3v) is 4.49. The van der Waals surface area contributed by atoms with Gasteiger partial charge in [-0.05, 0) is 44.5 Å². The van der Waals surface area contributed by atoms with Crippen molar-refractivity contribution in [1.82, 2.24) is 24.4 Å². The van der Waals surface area contributed by atoms with Crippen molar-refractivity contribution in [3.05, 3.63) is 34.9 Å². The number of likely N-dealkylation sites (tertiary alicyclic amines) is 1. The smallest absolute Gasteiger partial charge is 0.343 e. The number of aryl methyl sites for hydroxylation is 1. The average Bonchev–Trinajstić information content (AvgIpc) is 2.90. The van der Waals surface area contributed by atoms with Crippen molar-refractivity contribution in [2.45, 2.75) is 25.8 Å². The average molecular weight is 354 g/mol. The molecule has 0 saturated carbocycles. The van der Waals surface area contributed by atoms with E-state index < -0.39 is 0 Å². The van der Waals surface area contributed by atoms with Crippen LogP contribution in [-0.2, 0) is 11.3 Å². The fraction of sp³-hybridized carbons (Fsp3) is 0.562. The number of hydrogen-bond donors (Lipinski definition) is 1. The van der Waals surface area contributed by atoms with E-state index in [1.807, 2.05) is 18.0 Å². The minimum absolute atomic E-state index is 0. The van der Waals surface area contributed by atoms with Crippen LogP contribution in [0.15, 0.2) is 29.2 Å². The fourth-order valence-electron chi connectivity index (χ4n) is 3.15. The number of carbonyl (C=O) groups excluding carboxylic acids is 1. The maximum atomic E-state index is 12.3. The number of rotatable bonds is 5. The molecule has 2 aromatic rings. The number of fused-ring (bicyclic) bond motifs is 1. The molecular weight excluding hydrogens is 330 g/mol. The number of aromatic nitrogens is 3. The first kappa shape index (κ1) is 18.5. The largest absolute Gasteiger partial charge is 0.350 e. The van der Waals surface area contributed by atoms with E-state index in [9.17, 15) is 9.59 Å². The number of hydrogen-bond acceptors (Lipinski definition) is 4. The first-order valence-corrected chi connectivity index (χ1v) is 8.15. The predicted molar refractivity (Wildman–Crippen MR) is 94.5 cm³/mol. The first-order chi connectivity index (χ1) is 11.2. The van der Waals surface area contributed by atoms with Crippen LogP contribution in [0.1, 0.15) is 19.3 Å². The standard InChI is InChI=1S/C16H23N5O2.ClH/c1-17-12-13-5-9-19(10-6-13)15(22)7-11-21-16(23)20-8-3-2-4-14(20)18-21;/h2-4,8,13,17H,5-7,9-12H2,1H3;1H. The van der Waals surface area contributed by atoms with E-state index in [2.05, 4.69) is 10.4 Å². The third kappa shape index (κ3) is 3.96. The molecular formula is C16H24ClN5O2. The number of halogens is 1. The van der Waals surface area contributed by atoms with E-state index >= 15 is 0 Å². The zero-order valence-corrected chi connectivity index (χ0v) is 14.7. The summed E-state index contributed by atoms with van der Waals surface area (Å²) in [5.41, 5.74) is 0.416. The van der Waals surface area contributed by atoms with Crippen LogP contribution in [0.3, 0.4) is 0 Å². The Morgan fingerprint density at radius 3 is 2.75 bits per heavy atom. The first-order valence-electron chi connectivity index (χ1n) is 8.15. The molecule has 24 heavy (non-hydrogen) atoms. The Labute approximate surface area is 147 Å². The molecule has 1 amide bonds. The van der Waals surface area contributed by atoms with Crippen molar-refractivity contribution in [3.63, 3.8) is 0 Å². The van der Waals surface area contributed by atoms with Crippen LogP contribution >= 0.6 is 12.4 Å². The van der Waals surface area contributed by atoms with Gasteiger partial charge in [-0.25, -0.2) is 9.48 Å². The van der Waals surface area contributed by atoms with Gasteiger partial charge in [0.2, 0.25) is 5.91 Å². The quantitative estimate of drug-likeness (QED) is 0.861. The van der Waals surface area contributed by atoms with Gasteiger partial charge in [-0.1, -0.05) is 6.07 Å². The number of pyridine rings is 1. The summed E-state index contributed by atoms with van der Waals surface area (Å²) in [5.74, 6) is 0.766. The van der Waals surface area contributed by atoms with Crippen LogP contribution in [0.4, 0.5) is 0 Å². The van der Waals surface area contributed by atoms with Crippen molar-refractivity contribution >= 4 is 24.0 Å². The molecule has 0 spiro atoms. The molecule has 1 fully saturated rings. The molecule has 1 saturated heterocycles. The molecule has 3 rings (SSSR count). The lowest BCUT2D eigenvalue weighted by atomic mass is 9.96. The molecule has 2 aromatic heterocycles. The SMILES string of the molecule is CNCC1CCN(C(=O)CCn2nc3ccccn3c2=O)CC1.Cl. The second-order valence-corrected chi connectivity index (χ2v) is 6.07. The highest BCUT2D eigenvalue weighted by Crippen LogP contribution is 2.17. The van der Waals surface area contributed by atoms with Crippen molar-refractivity contribution in [1.29, 1.82) is 0 Å². The number of amides is 1. The molecule has 0 unspecified atom stereocenters. The molecule has 0 aliphatic carbocycles. The van der Waals surface area contributed by atoms with Crippen LogP contribution in [0.5, 0.6) is 0 Å². The van der Waals surface area contributed by atoms with E-state index in [0.29, 0.717) is 24.5 Å². The molecule has 0 atom stereocenters. The van der Waals surface area contributed by atoms with Gasteiger partial charge in [0.1, 0.15) is 0 Å². The lowest BCUT2D eigenvalue weighted by Crippen LogP contribution is -2.41. The Kier molecular flexibility index (Phi) is 6.39. The Hall–Kier alpha value is -1.86. The van der Waals surface area contributed by atoms with Crippen molar-refractivity contribution in [2.24, 2.45) is 5.92 Å². The van der Waals surface area contributed by atoms with E-state index in [1.54, 1.807) is 18.3 Å². The highest BCUT2D eigenvalue weighted by molar-refractivity contribution is 5.85. The summed E-state index contributed by atoms with van der Waals surface area (Å²) in [7, 11) is 1.96. The van der Waals surface area contributed by atoms with Gasteiger partial charge in [0.05, 0.1) is 6.54 Å². The van der Waals surface area contributed by atoms with Gasteiger partial charge >= 0.3 is 5.69 Å². The van der Waals surface area contributed by atoms with Gasteiger partial charge < -0.3 is 10.2 Å². The Morgan fingerprint density at radius 2 is 2.08 bits per heavy atom. The van der Waals surface area contributed by atoms with Gasteiger partial charge in [-0.2, -0.15) is 0 Å². The van der Waals surface area contributed by atoms with E-state index in [0.717, 1.165) is 32.5 Å². The predicted octanol–water partition coefficient (Wildman–Crippen LogP) is 0.766. The lowest BCUT2D eigenvalue weighted by molar-refractivity contribution is -0.132. The minimum atomic E-state index is -0.193. The second-order valence-electron chi connectivity index (χ2n) is 6.07. The molecule has 1 N–H and O–H groups in total. The second kappa shape index (κ2) is 8.30. The monoisotopic (exact) mass is 353 g/mol. The minimum Gasteiger partial charge on any atom is -0.343 e. The van der Waals surface area contributed by atoms with Gasteiger partial charge in [0, 0.05) is 25.7 Å². The van der Waals surface area contributed by atoms with Gasteiger partial charge in [0.25, 0.3) is 0 Å². The zero-order valence-electron chi connectivity index (χ0n) is 13.9. The Bertz CT molecular complexity index is 733. The molecule has 7 nitrogen and oxygen atoms in total. The zero-order chi connectivity index (χ0) is 16.2. The summed E-state index contributed by atoms with van der Waals surface area (Å²) in [6.45, 7) is 2.96. The fourth-order valence-corrected chi connectivity index (χ4v) is 3.15. The number of piperidine rings is 1. The summed E-state index contributed by atoms with van der Waals surface area (Å²) in [6.07, 6.45) is 4.10. The maximum Gasteiger partial charge on any atom is 0.350 e. The van der Waals surface area contributed by atoms with Crippen molar-refractivity contribution in [2.75, 3.05) is 26.7 Å². The van der Waals surface area contributed by atoms with Crippen molar-refractivity contribution in [3.8, 4) is 0 Å². The molecule has 1 aliphatic heterocycles. The van der Waals surface area contributed by atoms with Gasteiger partial charge in [0.15, 0.2) is 5.65 Å². The molecule has 1 aliphatic rings. The van der Waals surface area contributed by atoms with E-state index in [4.69, 9.17) is 0 Å². The maximum absolute atomic E-state index is 12.3. The van der Waals surface area contributed by atoms with Crippen LogP contribution in [0, 0.1) is 5.92 Å². The lowest BCUT2D eigenvalue weighted by Gasteiger charge is -2.32. The summed E-state index contributed by atoms with van der Waals surface area (Å²) < 4.78 is 2.87. The van der Waals surface area contributed by atoms with Gasteiger partial charge in [-0.15, -0.1) is 17.5 Å². The Balaban J connectivity index is 0.00000208.